The molecule has 1 aromatic rings. The number of rotatable bonds is 1. The van der Waals surface area contributed by atoms with Crippen LogP contribution in [0.25, 0.3) is 0 Å². The smallest absolute Gasteiger partial charge is 0.122 e. The highest BCUT2D eigenvalue weighted by atomic mass is 16.5. The van der Waals surface area contributed by atoms with Gasteiger partial charge in [0.25, 0.3) is 0 Å². The fourth-order valence-corrected chi connectivity index (χ4v) is 2.61. The number of hydrogen-bond acceptors (Lipinski definition) is 2. The van der Waals surface area contributed by atoms with Crippen LogP contribution in [0.3, 0.4) is 0 Å². The molecule has 0 atom stereocenters. The Bertz CT molecular complexity index is 392. The summed E-state index contributed by atoms with van der Waals surface area (Å²) in [6.45, 7) is 9.14. The van der Waals surface area contributed by atoms with Crippen LogP contribution in [0.15, 0.2) is 18.2 Å². The zero-order valence-electron chi connectivity index (χ0n) is 11.4. The number of ether oxygens (including phenoxy) is 1. The Labute approximate surface area is 105 Å². The molecule has 0 unspecified atom stereocenters. The number of benzene rings is 1. The molecule has 0 N–H and O–H groups in total. The lowest BCUT2D eigenvalue weighted by Gasteiger charge is -2.34. The summed E-state index contributed by atoms with van der Waals surface area (Å²) in [4.78, 5) is 2.56. The second-order valence-corrected chi connectivity index (χ2v) is 5.76. The summed E-state index contributed by atoms with van der Waals surface area (Å²) in [7, 11) is 1.77. The Morgan fingerprint density at radius 2 is 1.82 bits per heavy atom. The zero-order valence-corrected chi connectivity index (χ0v) is 11.4. The highest BCUT2D eigenvalue weighted by Gasteiger charge is 2.24. The molecule has 0 saturated heterocycles. The van der Waals surface area contributed by atoms with Crippen LogP contribution in [-0.2, 0) is 12.8 Å². The average molecular weight is 233 g/mol. The molecule has 0 fully saturated rings. The Balaban J connectivity index is 2.24. The van der Waals surface area contributed by atoms with E-state index in [1.54, 1.807) is 7.11 Å². The van der Waals surface area contributed by atoms with Gasteiger partial charge in [-0.1, -0.05) is 12.1 Å². The largest absolute Gasteiger partial charge is 0.496 e. The monoisotopic (exact) mass is 233 g/mol. The van der Waals surface area contributed by atoms with E-state index in [4.69, 9.17) is 4.74 Å². The molecule has 2 nitrogen and oxygen atoms in total. The fourth-order valence-electron chi connectivity index (χ4n) is 2.61. The van der Waals surface area contributed by atoms with Gasteiger partial charge >= 0.3 is 0 Å². The van der Waals surface area contributed by atoms with Crippen LogP contribution in [0.4, 0.5) is 0 Å². The summed E-state index contributed by atoms with van der Waals surface area (Å²) < 4.78 is 5.47. The molecule has 0 amide bonds. The molecular formula is C15H23NO. The average Bonchev–Trinajstić information content (AvgIpc) is 2.49. The molecule has 0 radical (unpaired) electrons. The van der Waals surface area contributed by atoms with E-state index in [0.29, 0.717) is 0 Å². The maximum Gasteiger partial charge on any atom is 0.122 e. The molecule has 1 heterocycles. The summed E-state index contributed by atoms with van der Waals surface area (Å²) >= 11 is 0. The van der Waals surface area contributed by atoms with Crippen LogP contribution in [0.2, 0.25) is 0 Å². The van der Waals surface area contributed by atoms with Crippen molar-refractivity contribution in [1.29, 1.82) is 0 Å². The van der Waals surface area contributed by atoms with Crippen molar-refractivity contribution in [3.63, 3.8) is 0 Å². The molecule has 0 bridgehead atoms. The Morgan fingerprint density at radius 3 is 2.47 bits per heavy atom. The third-order valence-electron chi connectivity index (χ3n) is 3.68. The second-order valence-electron chi connectivity index (χ2n) is 5.76. The first-order chi connectivity index (χ1) is 8.02. The minimum absolute atomic E-state index is 0.259. The van der Waals surface area contributed by atoms with E-state index in [0.717, 1.165) is 31.7 Å². The topological polar surface area (TPSA) is 12.5 Å². The van der Waals surface area contributed by atoms with E-state index in [-0.39, 0.29) is 5.54 Å². The molecule has 2 heteroatoms. The molecule has 94 valence electrons. The summed E-state index contributed by atoms with van der Waals surface area (Å²) in [6, 6.07) is 6.42. The van der Waals surface area contributed by atoms with Gasteiger partial charge in [-0.2, -0.15) is 0 Å². The molecule has 17 heavy (non-hydrogen) atoms. The summed E-state index contributed by atoms with van der Waals surface area (Å²) in [6.07, 6.45) is 2.22. The highest BCUT2D eigenvalue weighted by molar-refractivity contribution is 5.41. The Kier molecular flexibility index (Phi) is 3.43. The first-order valence-electron chi connectivity index (χ1n) is 6.42. The maximum absolute atomic E-state index is 5.47. The minimum Gasteiger partial charge on any atom is -0.496 e. The third-order valence-corrected chi connectivity index (χ3v) is 3.68. The molecule has 1 aliphatic heterocycles. The van der Waals surface area contributed by atoms with Crippen molar-refractivity contribution in [2.45, 2.75) is 39.2 Å². The predicted molar refractivity (Wildman–Crippen MR) is 71.7 cm³/mol. The number of nitrogens with zero attached hydrogens (tertiary/aromatic N) is 1. The van der Waals surface area contributed by atoms with Crippen LogP contribution in [0.1, 0.15) is 31.9 Å². The van der Waals surface area contributed by atoms with Gasteiger partial charge in [-0.15, -0.1) is 0 Å². The van der Waals surface area contributed by atoms with E-state index < -0.39 is 0 Å². The van der Waals surface area contributed by atoms with E-state index in [1.165, 1.54) is 11.1 Å². The van der Waals surface area contributed by atoms with E-state index in [9.17, 15) is 0 Å². The van der Waals surface area contributed by atoms with Crippen molar-refractivity contribution >= 4 is 0 Å². The molecular weight excluding hydrogens is 210 g/mol. The van der Waals surface area contributed by atoms with Gasteiger partial charge in [0.15, 0.2) is 0 Å². The molecule has 1 aliphatic rings. The van der Waals surface area contributed by atoms with Crippen molar-refractivity contribution in [1.82, 2.24) is 4.90 Å². The summed E-state index contributed by atoms with van der Waals surface area (Å²) in [5.41, 5.74) is 3.12. The molecule has 0 spiro atoms. The maximum atomic E-state index is 5.47. The number of hydrogen-bond donors (Lipinski definition) is 0. The Morgan fingerprint density at radius 1 is 1.12 bits per heavy atom. The zero-order chi connectivity index (χ0) is 12.5. The SMILES string of the molecule is COc1cccc2c1CCN(C(C)(C)C)CC2. The van der Waals surface area contributed by atoms with Crippen LogP contribution in [0.5, 0.6) is 5.75 Å². The van der Waals surface area contributed by atoms with Gasteiger partial charge < -0.3 is 4.74 Å². The first kappa shape index (κ1) is 12.4. The van der Waals surface area contributed by atoms with Gasteiger partial charge in [-0.05, 0) is 50.8 Å². The van der Waals surface area contributed by atoms with Crippen molar-refractivity contribution in [2.24, 2.45) is 0 Å². The van der Waals surface area contributed by atoms with Crippen molar-refractivity contribution in [3.05, 3.63) is 29.3 Å². The predicted octanol–water partition coefficient (Wildman–Crippen LogP) is 2.89. The van der Waals surface area contributed by atoms with Gasteiger partial charge in [0.05, 0.1) is 7.11 Å². The summed E-state index contributed by atoms with van der Waals surface area (Å²) in [5, 5.41) is 0. The third kappa shape index (κ3) is 2.63. The normalized spacial score (nSPS) is 17.4. The van der Waals surface area contributed by atoms with E-state index in [2.05, 4.69) is 43.9 Å². The lowest BCUT2D eigenvalue weighted by molar-refractivity contribution is 0.144. The van der Waals surface area contributed by atoms with Crippen LogP contribution >= 0.6 is 0 Å². The number of methoxy groups -OCH3 is 1. The fraction of sp³-hybridized carbons (Fsp3) is 0.600. The second kappa shape index (κ2) is 4.69. The molecule has 0 aromatic heterocycles. The molecule has 0 saturated carbocycles. The standard InChI is InChI=1S/C15H23NO/c1-15(2,3)16-10-8-12-6-5-7-14(17-4)13(12)9-11-16/h5-7H,8-11H2,1-4H3. The number of fused-ring (bicyclic) bond motifs is 1. The molecule has 2 rings (SSSR count). The van der Waals surface area contributed by atoms with Gasteiger partial charge in [0.1, 0.15) is 5.75 Å². The minimum atomic E-state index is 0.259. The van der Waals surface area contributed by atoms with E-state index in [1.807, 2.05) is 0 Å². The van der Waals surface area contributed by atoms with Crippen LogP contribution in [-0.4, -0.2) is 30.6 Å². The molecule has 1 aromatic carbocycles. The van der Waals surface area contributed by atoms with Crippen molar-refractivity contribution in [3.8, 4) is 5.75 Å². The summed E-state index contributed by atoms with van der Waals surface area (Å²) in [5.74, 6) is 1.05. The first-order valence-corrected chi connectivity index (χ1v) is 6.42. The lowest BCUT2D eigenvalue weighted by atomic mass is 10.0. The van der Waals surface area contributed by atoms with Crippen molar-refractivity contribution < 1.29 is 4.74 Å². The van der Waals surface area contributed by atoms with Crippen LogP contribution in [0, 0.1) is 0 Å². The van der Waals surface area contributed by atoms with Gasteiger partial charge in [-0.3, -0.25) is 4.90 Å². The van der Waals surface area contributed by atoms with E-state index >= 15 is 0 Å². The molecule has 0 aliphatic carbocycles. The Hall–Kier alpha value is -1.02. The highest BCUT2D eigenvalue weighted by Crippen LogP contribution is 2.27. The van der Waals surface area contributed by atoms with Gasteiger partial charge in [-0.25, -0.2) is 0 Å². The lowest BCUT2D eigenvalue weighted by Crippen LogP contribution is -2.42. The van der Waals surface area contributed by atoms with Gasteiger partial charge in [0, 0.05) is 18.6 Å². The van der Waals surface area contributed by atoms with Gasteiger partial charge in [0.2, 0.25) is 0 Å². The quantitative estimate of drug-likeness (QED) is 0.739. The van der Waals surface area contributed by atoms with Crippen LogP contribution < -0.4 is 4.74 Å². The van der Waals surface area contributed by atoms with Crippen molar-refractivity contribution in [2.75, 3.05) is 20.2 Å².